The Kier molecular flexibility index (Phi) is 8.63. The summed E-state index contributed by atoms with van der Waals surface area (Å²) in [5.74, 6) is -1.89. The molecule has 0 bridgehead atoms. The van der Waals surface area contributed by atoms with Crippen LogP contribution in [-0.4, -0.2) is 72.2 Å². The van der Waals surface area contributed by atoms with Crippen LogP contribution < -0.4 is 15.4 Å². The summed E-state index contributed by atoms with van der Waals surface area (Å²) < 4.78 is 33.0. The SMILES string of the molecule is CC(C)(C)OC(=O)N[C@H]1CCCCCC=C[C@@H]2C[C@@]2(C(=O)NS(=O)(=O)C2CCC2)NC(=O)[C@@H]2CCCN2C1=O. The molecule has 2 saturated carbocycles. The summed E-state index contributed by atoms with van der Waals surface area (Å²) in [6, 6.07) is -1.66. The number of fused-ring (bicyclic) bond motifs is 2. The third kappa shape index (κ3) is 6.93. The van der Waals surface area contributed by atoms with E-state index in [4.69, 9.17) is 4.74 Å². The van der Waals surface area contributed by atoms with Crippen LogP contribution in [0.2, 0.25) is 0 Å². The Morgan fingerprint density at radius 3 is 2.46 bits per heavy atom. The number of carbonyl (C=O) groups is 4. The molecule has 0 aromatic carbocycles. The fraction of sp³-hybridized carbons (Fsp3) is 0.778. The number of nitrogens with one attached hydrogen (secondary N) is 3. The number of hydrogen-bond acceptors (Lipinski definition) is 7. The number of amides is 4. The molecule has 4 aliphatic rings. The summed E-state index contributed by atoms with van der Waals surface area (Å²) in [6.07, 6.45) is 9.87. The van der Waals surface area contributed by atoms with Crippen molar-refractivity contribution in [1.82, 2.24) is 20.3 Å². The van der Waals surface area contributed by atoms with Gasteiger partial charge in [0.2, 0.25) is 21.8 Å². The molecular weight excluding hydrogens is 524 g/mol. The number of hydrogen-bond donors (Lipinski definition) is 3. The zero-order valence-corrected chi connectivity index (χ0v) is 24.0. The van der Waals surface area contributed by atoms with E-state index in [2.05, 4.69) is 15.4 Å². The lowest BCUT2D eigenvalue weighted by atomic mass is 10.0. The molecule has 3 N–H and O–H groups in total. The van der Waals surface area contributed by atoms with Crippen LogP contribution >= 0.6 is 0 Å². The fourth-order valence-corrected chi connectivity index (χ4v) is 7.09. The van der Waals surface area contributed by atoms with E-state index < -0.39 is 56.4 Å². The molecule has 0 radical (unpaired) electrons. The first-order chi connectivity index (χ1) is 18.3. The largest absolute Gasteiger partial charge is 0.444 e. The van der Waals surface area contributed by atoms with Crippen molar-refractivity contribution < 1.29 is 32.3 Å². The maximum atomic E-state index is 13.6. The van der Waals surface area contributed by atoms with Crippen LogP contribution in [0.25, 0.3) is 0 Å². The zero-order valence-electron chi connectivity index (χ0n) is 23.2. The standard InChI is InChI=1S/C27H42N4O7S/c1-26(2,3)38-25(35)28-20-14-8-6-4-5-7-11-18-17-27(18,24(34)30-39(36,37)19-12-9-13-19)29-22(32)21-15-10-16-31(21)23(20)33/h7,11,18-21H,4-6,8-10,12-17H2,1-3H3,(H,28,35)(H,29,32)(H,30,34)/t18-,20+,21+,27-/m1/s1. The maximum Gasteiger partial charge on any atom is 0.408 e. The molecule has 2 aliphatic heterocycles. The molecule has 39 heavy (non-hydrogen) atoms. The van der Waals surface area contributed by atoms with Gasteiger partial charge in [-0.05, 0) is 72.1 Å². The molecule has 2 aliphatic carbocycles. The van der Waals surface area contributed by atoms with Crippen LogP contribution in [0.4, 0.5) is 4.79 Å². The van der Waals surface area contributed by atoms with E-state index in [0.717, 1.165) is 25.7 Å². The number of rotatable bonds is 4. The number of ether oxygens (including phenoxy) is 1. The van der Waals surface area contributed by atoms with E-state index >= 15 is 0 Å². The molecule has 0 aromatic rings. The minimum absolute atomic E-state index is 0.296. The number of alkyl carbamates (subject to hydrolysis) is 1. The molecule has 3 fully saturated rings. The first-order valence-electron chi connectivity index (χ1n) is 14.2. The summed E-state index contributed by atoms with van der Waals surface area (Å²) in [5, 5.41) is 4.96. The second kappa shape index (κ2) is 11.5. The van der Waals surface area contributed by atoms with Crippen molar-refractivity contribution >= 4 is 33.8 Å². The van der Waals surface area contributed by atoms with Gasteiger partial charge in [-0.2, -0.15) is 0 Å². The Morgan fingerprint density at radius 2 is 1.79 bits per heavy atom. The highest BCUT2D eigenvalue weighted by Gasteiger charge is 2.61. The molecule has 1 saturated heterocycles. The maximum absolute atomic E-state index is 13.6. The average Bonchev–Trinajstić information content (AvgIpc) is 3.24. The normalized spacial score (nSPS) is 30.5. The van der Waals surface area contributed by atoms with Crippen LogP contribution in [0.3, 0.4) is 0 Å². The van der Waals surface area contributed by atoms with Gasteiger partial charge in [-0.1, -0.05) is 31.4 Å². The third-order valence-electron chi connectivity index (χ3n) is 8.05. The Labute approximate surface area is 230 Å². The Bertz CT molecular complexity index is 1110. The van der Waals surface area contributed by atoms with Crippen molar-refractivity contribution in [2.24, 2.45) is 5.92 Å². The van der Waals surface area contributed by atoms with Gasteiger partial charge in [0.1, 0.15) is 23.2 Å². The quantitative estimate of drug-likeness (QED) is 0.442. The predicted octanol–water partition coefficient (Wildman–Crippen LogP) is 2.26. The first kappa shape index (κ1) is 29.4. The predicted molar refractivity (Wildman–Crippen MR) is 144 cm³/mol. The third-order valence-corrected chi connectivity index (χ3v) is 9.87. The number of allylic oxidation sites excluding steroid dienone is 1. The molecule has 0 spiro atoms. The van der Waals surface area contributed by atoms with Gasteiger partial charge in [0.15, 0.2) is 0 Å². The van der Waals surface area contributed by atoms with Crippen molar-refractivity contribution in [3.05, 3.63) is 12.2 Å². The minimum atomic E-state index is -3.82. The van der Waals surface area contributed by atoms with E-state index in [1.807, 2.05) is 12.2 Å². The summed E-state index contributed by atoms with van der Waals surface area (Å²) in [4.78, 5) is 54.5. The van der Waals surface area contributed by atoms with E-state index in [1.165, 1.54) is 4.90 Å². The van der Waals surface area contributed by atoms with E-state index in [9.17, 15) is 27.6 Å². The second-order valence-electron chi connectivity index (χ2n) is 12.3. The van der Waals surface area contributed by atoms with Gasteiger partial charge in [-0.15, -0.1) is 0 Å². The van der Waals surface area contributed by atoms with E-state index in [0.29, 0.717) is 51.5 Å². The fourth-order valence-electron chi connectivity index (χ4n) is 5.53. The van der Waals surface area contributed by atoms with Gasteiger partial charge >= 0.3 is 6.09 Å². The van der Waals surface area contributed by atoms with Crippen molar-refractivity contribution in [2.45, 2.75) is 120 Å². The van der Waals surface area contributed by atoms with E-state index in [1.54, 1.807) is 20.8 Å². The molecule has 4 atom stereocenters. The van der Waals surface area contributed by atoms with Crippen LogP contribution in [0.5, 0.6) is 0 Å². The zero-order chi connectivity index (χ0) is 28.4. The van der Waals surface area contributed by atoms with Gasteiger partial charge in [0.05, 0.1) is 5.25 Å². The van der Waals surface area contributed by atoms with Gasteiger partial charge in [0, 0.05) is 12.5 Å². The number of sulfonamides is 1. The Hall–Kier alpha value is -2.63. The van der Waals surface area contributed by atoms with Crippen molar-refractivity contribution in [2.75, 3.05) is 6.54 Å². The second-order valence-corrected chi connectivity index (χ2v) is 14.2. The summed E-state index contributed by atoms with van der Waals surface area (Å²) in [6.45, 7) is 5.58. The molecule has 4 amide bonds. The van der Waals surface area contributed by atoms with Crippen LogP contribution in [0.1, 0.15) is 91.4 Å². The summed E-state index contributed by atoms with van der Waals surface area (Å²) in [5.41, 5.74) is -2.09. The summed E-state index contributed by atoms with van der Waals surface area (Å²) in [7, 11) is -3.82. The average molecular weight is 567 g/mol. The van der Waals surface area contributed by atoms with Gasteiger partial charge < -0.3 is 20.3 Å². The van der Waals surface area contributed by atoms with E-state index in [-0.39, 0.29) is 11.8 Å². The van der Waals surface area contributed by atoms with Crippen molar-refractivity contribution in [3.8, 4) is 0 Å². The van der Waals surface area contributed by atoms with Gasteiger partial charge in [0.25, 0.3) is 5.91 Å². The summed E-state index contributed by atoms with van der Waals surface area (Å²) >= 11 is 0. The molecular formula is C27H42N4O7S. The Morgan fingerprint density at radius 1 is 1.05 bits per heavy atom. The smallest absolute Gasteiger partial charge is 0.408 e. The lowest BCUT2D eigenvalue weighted by Crippen LogP contribution is -2.59. The molecule has 2 heterocycles. The van der Waals surface area contributed by atoms with Gasteiger partial charge in [-0.25, -0.2) is 13.2 Å². The molecule has 218 valence electrons. The Balaban J connectivity index is 1.53. The lowest BCUT2D eigenvalue weighted by Gasteiger charge is -2.31. The molecule has 0 aromatic heterocycles. The molecule has 0 unspecified atom stereocenters. The first-order valence-corrected chi connectivity index (χ1v) is 15.7. The highest BCUT2D eigenvalue weighted by atomic mass is 32.2. The topological polar surface area (TPSA) is 151 Å². The van der Waals surface area contributed by atoms with Crippen LogP contribution in [0, 0.1) is 5.92 Å². The van der Waals surface area contributed by atoms with Crippen LogP contribution in [-0.2, 0) is 29.1 Å². The highest BCUT2D eigenvalue weighted by Crippen LogP contribution is 2.46. The van der Waals surface area contributed by atoms with Gasteiger partial charge in [-0.3, -0.25) is 19.1 Å². The number of carbonyl (C=O) groups excluding carboxylic acids is 4. The monoisotopic (exact) mass is 566 g/mol. The van der Waals surface area contributed by atoms with Crippen molar-refractivity contribution in [1.29, 1.82) is 0 Å². The minimum Gasteiger partial charge on any atom is -0.444 e. The highest BCUT2D eigenvalue weighted by molar-refractivity contribution is 7.90. The lowest BCUT2D eigenvalue weighted by molar-refractivity contribution is -0.141. The number of nitrogens with zero attached hydrogens (tertiary/aromatic N) is 1. The van der Waals surface area contributed by atoms with Crippen molar-refractivity contribution in [3.63, 3.8) is 0 Å². The molecule has 12 heteroatoms. The molecule has 11 nitrogen and oxygen atoms in total. The van der Waals surface area contributed by atoms with Crippen LogP contribution in [0.15, 0.2) is 12.2 Å². The molecule has 4 rings (SSSR count).